The number of nitrogens with two attached hydrogens (primary N) is 1. The van der Waals surface area contributed by atoms with Crippen molar-refractivity contribution in [3.63, 3.8) is 0 Å². The second kappa shape index (κ2) is 4.72. The summed E-state index contributed by atoms with van der Waals surface area (Å²) in [5, 5.41) is 0. The van der Waals surface area contributed by atoms with E-state index in [4.69, 9.17) is 10.5 Å². The third-order valence-corrected chi connectivity index (χ3v) is 2.68. The number of ether oxygens (including phenoxy) is 1. The molecule has 2 N–H and O–H groups in total. The Bertz CT molecular complexity index is 393. The van der Waals surface area contributed by atoms with Crippen LogP contribution in [0.4, 0.5) is 4.39 Å². The van der Waals surface area contributed by atoms with Crippen molar-refractivity contribution in [2.24, 2.45) is 5.73 Å². The molecule has 1 rings (SSSR count). The first-order valence-corrected chi connectivity index (χ1v) is 5.09. The van der Waals surface area contributed by atoms with E-state index in [1.54, 1.807) is 6.92 Å². The van der Waals surface area contributed by atoms with Crippen molar-refractivity contribution in [1.82, 2.24) is 0 Å². The highest BCUT2D eigenvalue weighted by Crippen LogP contribution is 2.29. The van der Waals surface area contributed by atoms with Crippen LogP contribution in [0, 0.1) is 5.82 Å². The maximum Gasteiger partial charge on any atom is 0.179 e. The van der Waals surface area contributed by atoms with Gasteiger partial charge in [0.2, 0.25) is 0 Å². The summed E-state index contributed by atoms with van der Waals surface area (Å²) in [4.78, 5) is 11.5. The molecule has 0 spiro atoms. The number of halogens is 2. The number of benzene rings is 1. The van der Waals surface area contributed by atoms with Gasteiger partial charge in [-0.05, 0) is 35.0 Å². The molecular weight excluding hydrogens is 265 g/mol. The monoisotopic (exact) mass is 275 g/mol. The van der Waals surface area contributed by atoms with Crippen LogP contribution in [0.2, 0.25) is 0 Å². The van der Waals surface area contributed by atoms with Crippen LogP contribution in [0.3, 0.4) is 0 Å². The molecule has 0 fully saturated rings. The minimum absolute atomic E-state index is 0.200. The van der Waals surface area contributed by atoms with E-state index in [1.807, 2.05) is 0 Å². The van der Waals surface area contributed by atoms with Gasteiger partial charge in [0.05, 0.1) is 17.6 Å². The summed E-state index contributed by atoms with van der Waals surface area (Å²) in [5.41, 5.74) is 5.63. The van der Waals surface area contributed by atoms with Crippen LogP contribution in [-0.2, 0) is 0 Å². The van der Waals surface area contributed by atoms with Gasteiger partial charge in [-0.15, -0.1) is 0 Å². The molecule has 1 atom stereocenters. The minimum Gasteiger partial charge on any atom is -0.495 e. The van der Waals surface area contributed by atoms with Gasteiger partial charge in [-0.2, -0.15) is 0 Å². The smallest absolute Gasteiger partial charge is 0.179 e. The minimum atomic E-state index is -0.657. The molecule has 1 unspecified atom stereocenters. The Kier molecular flexibility index (Phi) is 3.82. The van der Waals surface area contributed by atoms with Gasteiger partial charge in [-0.3, -0.25) is 4.79 Å². The van der Waals surface area contributed by atoms with E-state index < -0.39 is 11.9 Å². The average Bonchev–Trinajstić information content (AvgIpc) is 2.20. The Morgan fingerprint density at radius 3 is 2.67 bits per heavy atom. The van der Waals surface area contributed by atoms with Crippen molar-refractivity contribution in [3.05, 3.63) is 28.0 Å². The summed E-state index contributed by atoms with van der Waals surface area (Å²) in [5.74, 6) is -0.586. The van der Waals surface area contributed by atoms with E-state index in [1.165, 1.54) is 13.2 Å². The average molecular weight is 276 g/mol. The molecule has 0 aliphatic heterocycles. The zero-order chi connectivity index (χ0) is 11.6. The first kappa shape index (κ1) is 12.1. The summed E-state index contributed by atoms with van der Waals surface area (Å²) >= 11 is 3.02. The summed E-state index contributed by atoms with van der Waals surface area (Å²) in [6.07, 6.45) is 0. The molecule has 0 bridgehead atoms. The number of carbonyl (C=O) groups is 1. The van der Waals surface area contributed by atoms with E-state index in [2.05, 4.69) is 15.9 Å². The van der Waals surface area contributed by atoms with Crippen molar-refractivity contribution in [2.45, 2.75) is 13.0 Å². The quantitative estimate of drug-likeness (QED) is 0.860. The molecule has 0 saturated carbocycles. The number of hydrogen-bond acceptors (Lipinski definition) is 3. The zero-order valence-electron chi connectivity index (χ0n) is 8.38. The second-order valence-electron chi connectivity index (χ2n) is 3.13. The Morgan fingerprint density at radius 1 is 1.60 bits per heavy atom. The SMILES string of the molecule is COc1cc(C(=O)C(C)N)cc(F)c1Br. The van der Waals surface area contributed by atoms with E-state index >= 15 is 0 Å². The predicted molar refractivity (Wildman–Crippen MR) is 58.6 cm³/mol. The molecule has 0 saturated heterocycles. The van der Waals surface area contributed by atoms with Crippen molar-refractivity contribution >= 4 is 21.7 Å². The fourth-order valence-corrected chi connectivity index (χ4v) is 1.51. The van der Waals surface area contributed by atoms with Crippen molar-refractivity contribution in [2.75, 3.05) is 7.11 Å². The Balaban J connectivity index is 3.22. The zero-order valence-corrected chi connectivity index (χ0v) is 9.97. The number of carbonyl (C=O) groups excluding carboxylic acids is 1. The van der Waals surface area contributed by atoms with Crippen LogP contribution in [-0.4, -0.2) is 18.9 Å². The first-order valence-electron chi connectivity index (χ1n) is 4.30. The Labute approximate surface area is 95.5 Å². The molecule has 3 nitrogen and oxygen atoms in total. The van der Waals surface area contributed by atoms with E-state index in [-0.39, 0.29) is 21.6 Å². The van der Waals surface area contributed by atoms with Crippen LogP contribution in [0.1, 0.15) is 17.3 Å². The molecule has 15 heavy (non-hydrogen) atoms. The summed E-state index contributed by atoms with van der Waals surface area (Å²) < 4.78 is 18.4. The van der Waals surface area contributed by atoms with Gasteiger partial charge < -0.3 is 10.5 Å². The molecule has 5 heteroatoms. The van der Waals surface area contributed by atoms with Gasteiger partial charge in [0.25, 0.3) is 0 Å². The van der Waals surface area contributed by atoms with Gasteiger partial charge in [-0.1, -0.05) is 0 Å². The lowest BCUT2D eigenvalue weighted by atomic mass is 10.1. The Morgan fingerprint density at radius 2 is 2.20 bits per heavy atom. The standard InChI is InChI=1S/C10H11BrFNO2/c1-5(13)10(14)6-3-7(12)9(11)8(4-6)15-2/h3-5H,13H2,1-2H3. The van der Waals surface area contributed by atoms with Crippen LogP contribution >= 0.6 is 15.9 Å². The predicted octanol–water partition coefficient (Wildman–Crippen LogP) is 2.13. The molecular formula is C10H11BrFNO2. The molecule has 1 aromatic rings. The largest absolute Gasteiger partial charge is 0.495 e. The van der Waals surface area contributed by atoms with Gasteiger partial charge in [0.15, 0.2) is 5.78 Å². The fourth-order valence-electron chi connectivity index (χ4n) is 1.12. The molecule has 82 valence electrons. The van der Waals surface area contributed by atoms with Crippen molar-refractivity contribution < 1.29 is 13.9 Å². The number of Topliss-reactive ketones (excluding diaryl/α,β-unsaturated/α-hetero) is 1. The van der Waals surface area contributed by atoms with Gasteiger partial charge in [0.1, 0.15) is 11.6 Å². The molecule has 0 aliphatic carbocycles. The number of hydrogen-bond donors (Lipinski definition) is 1. The van der Waals surface area contributed by atoms with Crippen LogP contribution in [0.5, 0.6) is 5.75 Å². The number of methoxy groups -OCH3 is 1. The molecule has 0 heterocycles. The van der Waals surface area contributed by atoms with Crippen molar-refractivity contribution in [3.8, 4) is 5.75 Å². The van der Waals surface area contributed by atoms with Gasteiger partial charge >= 0.3 is 0 Å². The van der Waals surface area contributed by atoms with E-state index in [0.29, 0.717) is 0 Å². The molecule has 0 aromatic heterocycles. The normalized spacial score (nSPS) is 12.3. The highest BCUT2D eigenvalue weighted by molar-refractivity contribution is 9.10. The topological polar surface area (TPSA) is 52.3 Å². The highest BCUT2D eigenvalue weighted by atomic mass is 79.9. The summed E-state index contributed by atoms with van der Waals surface area (Å²) in [6, 6.07) is 1.94. The lowest BCUT2D eigenvalue weighted by molar-refractivity contribution is 0.0967. The maximum absolute atomic E-state index is 13.3. The van der Waals surface area contributed by atoms with Crippen LogP contribution in [0.25, 0.3) is 0 Å². The molecule has 1 aromatic carbocycles. The molecule has 0 amide bonds. The Hall–Kier alpha value is -0.940. The third-order valence-electron chi connectivity index (χ3n) is 1.91. The third kappa shape index (κ3) is 2.54. The molecule has 0 radical (unpaired) electrons. The second-order valence-corrected chi connectivity index (χ2v) is 3.92. The number of ketones is 1. The van der Waals surface area contributed by atoms with E-state index in [9.17, 15) is 9.18 Å². The van der Waals surface area contributed by atoms with Crippen LogP contribution in [0.15, 0.2) is 16.6 Å². The van der Waals surface area contributed by atoms with E-state index in [0.717, 1.165) is 6.07 Å². The van der Waals surface area contributed by atoms with Crippen LogP contribution < -0.4 is 10.5 Å². The first-order chi connectivity index (χ1) is 6.97. The lowest BCUT2D eigenvalue weighted by Crippen LogP contribution is -2.26. The fraction of sp³-hybridized carbons (Fsp3) is 0.300. The lowest BCUT2D eigenvalue weighted by Gasteiger charge is -2.09. The van der Waals surface area contributed by atoms with Gasteiger partial charge in [0, 0.05) is 5.56 Å². The summed E-state index contributed by atoms with van der Waals surface area (Å²) in [6.45, 7) is 1.55. The number of rotatable bonds is 3. The highest BCUT2D eigenvalue weighted by Gasteiger charge is 2.16. The van der Waals surface area contributed by atoms with Gasteiger partial charge in [-0.25, -0.2) is 4.39 Å². The van der Waals surface area contributed by atoms with Crippen molar-refractivity contribution in [1.29, 1.82) is 0 Å². The molecule has 0 aliphatic rings. The summed E-state index contributed by atoms with van der Waals surface area (Å²) in [7, 11) is 1.40. The maximum atomic E-state index is 13.3.